The Balaban J connectivity index is 1.66. The molecule has 8 nitrogen and oxygen atoms in total. The fourth-order valence-corrected chi connectivity index (χ4v) is 5.16. The molecule has 8 heteroatoms. The van der Waals surface area contributed by atoms with Gasteiger partial charge in [0.25, 0.3) is 5.56 Å². The van der Waals surface area contributed by atoms with Crippen molar-refractivity contribution >= 4 is 17.4 Å². The third kappa shape index (κ3) is 5.37. The molecule has 33 heavy (non-hydrogen) atoms. The summed E-state index contributed by atoms with van der Waals surface area (Å²) in [6.45, 7) is 3.55. The molecule has 3 aliphatic rings. The Morgan fingerprint density at radius 3 is 2.70 bits per heavy atom. The second-order valence-electron chi connectivity index (χ2n) is 9.66. The van der Waals surface area contributed by atoms with Gasteiger partial charge in [0.15, 0.2) is 5.90 Å². The topological polar surface area (TPSA) is 98.2 Å². The van der Waals surface area contributed by atoms with Crippen molar-refractivity contribution in [3.63, 3.8) is 0 Å². The van der Waals surface area contributed by atoms with Crippen LogP contribution >= 0.6 is 0 Å². The summed E-state index contributed by atoms with van der Waals surface area (Å²) >= 11 is 0. The molecule has 1 aliphatic carbocycles. The number of dihydropyridines is 1. The highest BCUT2D eigenvalue weighted by atomic mass is 16.5. The number of ether oxygens (including phenoxy) is 1. The molecule has 1 aromatic heterocycles. The summed E-state index contributed by atoms with van der Waals surface area (Å²) in [4.78, 5) is 35.5. The SMILES string of the molecule is CC1=NCC(CC2CCc3c(n(C)c(=O)n(CCCO)c3=O)N=C2OCC2CCCC2)C=C1. The minimum absolute atomic E-state index is 0.0665. The van der Waals surface area contributed by atoms with Gasteiger partial charge in [-0.05, 0) is 63.4 Å². The van der Waals surface area contributed by atoms with Gasteiger partial charge >= 0.3 is 5.69 Å². The summed E-state index contributed by atoms with van der Waals surface area (Å²) in [7, 11) is 1.66. The molecule has 2 unspecified atom stereocenters. The van der Waals surface area contributed by atoms with E-state index in [0.717, 1.165) is 25.1 Å². The predicted molar refractivity (Wildman–Crippen MR) is 130 cm³/mol. The van der Waals surface area contributed by atoms with Crippen LogP contribution < -0.4 is 11.2 Å². The molecule has 0 amide bonds. The number of hydrogen-bond donors (Lipinski definition) is 1. The first-order chi connectivity index (χ1) is 16.0. The number of hydrogen-bond acceptors (Lipinski definition) is 6. The first-order valence-corrected chi connectivity index (χ1v) is 12.3. The van der Waals surface area contributed by atoms with Crippen molar-refractivity contribution in [2.75, 3.05) is 19.8 Å². The number of nitrogens with zero attached hydrogens (tertiary/aromatic N) is 4. The zero-order chi connectivity index (χ0) is 23.4. The third-order valence-corrected chi connectivity index (χ3v) is 7.17. The quantitative estimate of drug-likeness (QED) is 0.682. The fourth-order valence-electron chi connectivity index (χ4n) is 5.16. The molecule has 0 saturated heterocycles. The smallest absolute Gasteiger partial charge is 0.332 e. The van der Waals surface area contributed by atoms with Crippen molar-refractivity contribution in [3.05, 3.63) is 38.6 Å². The first kappa shape index (κ1) is 23.7. The van der Waals surface area contributed by atoms with Crippen LogP contribution in [0.15, 0.2) is 31.7 Å². The van der Waals surface area contributed by atoms with E-state index in [1.807, 2.05) is 6.92 Å². The van der Waals surface area contributed by atoms with E-state index in [1.54, 1.807) is 7.05 Å². The molecule has 3 heterocycles. The van der Waals surface area contributed by atoms with Crippen LogP contribution in [0.5, 0.6) is 0 Å². The number of aliphatic hydroxyl groups excluding tert-OH is 1. The molecule has 0 radical (unpaired) electrons. The van der Waals surface area contributed by atoms with Gasteiger partial charge in [-0.1, -0.05) is 18.9 Å². The number of rotatable bonds is 7. The highest BCUT2D eigenvalue weighted by Crippen LogP contribution is 2.31. The van der Waals surface area contributed by atoms with E-state index in [9.17, 15) is 14.7 Å². The Morgan fingerprint density at radius 2 is 2.00 bits per heavy atom. The number of aliphatic hydroxyl groups is 1. The lowest BCUT2D eigenvalue weighted by Crippen LogP contribution is -2.41. The van der Waals surface area contributed by atoms with Gasteiger partial charge in [0, 0.05) is 38.4 Å². The van der Waals surface area contributed by atoms with E-state index in [2.05, 4.69) is 17.1 Å². The van der Waals surface area contributed by atoms with Crippen LogP contribution in [0.1, 0.15) is 57.4 Å². The maximum absolute atomic E-state index is 13.2. The van der Waals surface area contributed by atoms with Crippen molar-refractivity contribution in [2.24, 2.45) is 34.8 Å². The average molecular weight is 457 g/mol. The van der Waals surface area contributed by atoms with Gasteiger partial charge in [-0.3, -0.25) is 18.9 Å². The van der Waals surface area contributed by atoms with Gasteiger partial charge < -0.3 is 9.84 Å². The van der Waals surface area contributed by atoms with Crippen LogP contribution in [-0.2, 0) is 24.8 Å². The van der Waals surface area contributed by atoms with E-state index < -0.39 is 5.69 Å². The Morgan fingerprint density at radius 1 is 1.21 bits per heavy atom. The third-order valence-electron chi connectivity index (χ3n) is 7.17. The number of fused-ring (bicyclic) bond motifs is 1. The van der Waals surface area contributed by atoms with Gasteiger partial charge in [-0.25, -0.2) is 4.79 Å². The number of allylic oxidation sites excluding steroid dienone is 1. The summed E-state index contributed by atoms with van der Waals surface area (Å²) in [6.07, 6.45) is 11.7. The standard InChI is InChI=1S/C25H36N4O4/c1-17-8-9-19(15-26-17)14-20-10-11-21-22(27-23(20)33-16-18-6-3-4-7-18)28(2)25(32)29(24(21)31)12-5-13-30/h8-9,18-20,30H,3-7,10-16H2,1-2H3. The van der Waals surface area contributed by atoms with Crippen molar-refractivity contribution in [3.8, 4) is 0 Å². The largest absolute Gasteiger partial charge is 0.480 e. The Hall–Kier alpha value is -2.48. The molecule has 4 rings (SSSR count). The van der Waals surface area contributed by atoms with Crippen molar-refractivity contribution in [1.82, 2.24) is 9.13 Å². The molecule has 0 bridgehead atoms. The van der Waals surface area contributed by atoms with E-state index in [0.29, 0.717) is 48.6 Å². The number of aromatic nitrogens is 2. The van der Waals surface area contributed by atoms with Gasteiger partial charge in [0.1, 0.15) is 5.82 Å². The van der Waals surface area contributed by atoms with Crippen molar-refractivity contribution in [2.45, 2.75) is 64.8 Å². The van der Waals surface area contributed by atoms with Crippen LogP contribution in [-0.4, -0.2) is 45.6 Å². The lowest BCUT2D eigenvalue weighted by molar-refractivity contribution is 0.218. The monoisotopic (exact) mass is 456 g/mol. The van der Waals surface area contributed by atoms with Crippen LogP contribution in [0.25, 0.3) is 0 Å². The maximum atomic E-state index is 13.2. The summed E-state index contributed by atoms with van der Waals surface area (Å²) in [5.74, 6) is 2.01. The van der Waals surface area contributed by atoms with Crippen LogP contribution in [0, 0.1) is 17.8 Å². The Bertz CT molecular complexity index is 1060. The normalized spacial score (nSPS) is 23.1. The molecular formula is C25H36N4O4. The lowest BCUT2D eigenvalue weighted by Gasteiger charge is -2.23. The molecule has 1 fully saturated rings. The Labute approximate surface area is 194 Å². The van der Waals surface area contributed by atoms with Crippen molar-refractivity contribution < 1.29 is 9.84 Å². The molecule has 1 saturated carbocycles. The summed E-state index contributed by atoms with van der Waals surface area (Å²) in [5, 5.41) is 9.18. The van der Waals surface area contributed by atoms with Crippen LogP contribution in [0.2, 0.25) is 0 Å². The molecule has 0 aromatic carbocycles. The second kappa shape index (κ2) is 10.6. The minimum atomic E-state index is -0.399. The maximum Gasteiger partial charge on any atom is 0.332 e. The zero-order valence-corrected chi connectivity index (χ0v) is 19.8. The molecule has 1 aromatic rings. The van der Waals surface area contributed by atoms with Gasteiger partial charge in [0.05, 0.1) is 12.2 Å². The molecule has 1 N–H and O–H groups in total. The fraction of sp³-hybridized carbons (Fsp3) is 0.680. The molecule has 2 aliphatic heterocycles. The van der Waals surface area contributed by atoms with E-state index in [1.165, 1.54) is 34.8 Å². The highest BCUT2D eigenvalue weighted by Gasteiger charge is 2.29. The average Bonchev–Trinajstić information content (AvgIpc) is 3.27. The van der Waals surface area contributed by atoms with E-state index in [-0.39, 0.29) is 24.6 Å². The van der Waals surface area contributed by atoms with Crippen molar-refractivity contribution in [1.29, 1.82) is 0 Å². The summed E-state index contributed by atoms with van der Waals surface area (Å²) in [6, 6.07) is 0. The molecule has 0 spiro atoms. The zero-order valence-electron chi connectivity index (χ0n) is 19.8. The molecule has 2 atom stereocenters. The van der Waals surface area contributed by atoms with Gasteiger partial charge in [-0.2, -0.15) is 4.99 Å². The van der Waals surface area contributed by atoms with Gasteiger partial charge in [0.2, 0.25) is 0 Å². The molecule has 180 valence electrons. The minimum Gasteiger partial charge on any atom is -0.480 e. The molecular weight excluding hydrogens is 420 g/mol. The Kier molecular flexibility index (Phi) is 7.63. The summed E-state index contributed by atoms with van der Waals surface area (Å²) in [5.41, 5.74) is 0.917. The van der Waals surface area contributed by atoms with Crippen LogP contribution in [0.4, 0.5) is 5.82 Å². The summed E-state index contributed by atoms with van der Waals surface area (Å²) < 4.78 is 9.03. The van der Waals surface area contributed by atoms with E-state index >= 15 is 0 Å². The predicted octanol–water partition coefficient (Wildman–Crippen LogP) is 2.77. The number of aliphatic imine (C=N–C) groups is 2. The van der Waals surface area contributed by atoms with Gasteiger partial charge in [-0.15, -0.1) is 0 Å². The highest BCUT2D eigenvalue weighted by molar-refractivity contribution is 5.93. The second-order valence-corrected chi connectivity index (χ2v) is 9.66. The van der Waals surface area contributed by atoms with Crippen LogP contribution in [0.3, 0.4) is 0 Å². The first-order valence-electron chi connectivity index (χ1n) is 12.3. The lowest BCUT2D eigenvalue weighted by atomic mass is 9.89. The van der Waals surface area contributed by atoms with E-state index in [4.69, 9.17) is 9.73 Å².